The molecule has 0 radical (unpaired) electrons. The molecule has 2 amide bonds. The molecule has 28 heavy (non-hydrogen) atoms. The number of halogens is 3. The van der Waals surface area contributed by atoms with Crippen LogP contribution in [-0.4, -0.2) is 47.9 Å². The van der Waals surface area contributed by atoms with Crippen molar-refractivity contribution >= 4 is 59.6 Å². The van der Waals surface area contributed by atoms with Crippen molar-refractivity contribution in [3.8, 4) is 10.6 Å². The predicted octanol–water partition coefficient (Wildman–Crippen LogP) is 3.23. The number of nitrogens with two attached hydrogens (primary N) is 1. The summed E-state index contributed by atoms with van der Waals surface area (Å²) in [6, 6.07) is 7.37. The molecule has 1 saturated heterocycles. The second-order valence-electron chi connectivity index (χ2n) is 6.21. The van der Waals surface area contributed by atoms with Crippen molar-refractivity contribution in [3.63, 3.8) is 0 Å². The first-order valence-corrected chi connectivity index (χ1v) is 9.82. The molecular formula is C18H23Cl3N4O2S. The molecule has 10 heteroatoms. The van der Waals surface area contributed by atoms with Crippen molar-refractivity contribution in [1.82, 2.24) is 15.2 Å². The highest BCUT2D eigenvalue weighted by molar-refractivity contribution is 7.13. The maximum Gasteiger partial charge on any atom is 0.273 e. The number of carbonyl (C=O) groups excluding carboxylic acids is 2. The zero-order valence-corrected chi connectivity index (χ0v) is 18.3. The highest BCUT2D eigenvalue weighted by Crippen LogP contribution is 2.26. The summed E-state index contributed by atoms with van der Waals surface area (Å²) >= 11 is 7.33. The van der Waals surface area contributed by atoms with E-state index in [4.69, 9.17) is 17.3 Å². The van der Waals surface area contributed by atoms with Crippen LogP contribution in [0.15, 0.2) is 29.6 Å². The molecule has 0 bridgehead atoms. The van der Waals surface area contributed by atoms with Gasteiger partial charge in [0.2, 0.25) is 5.91 Å². The minimum absolute atomic E-state index is 0. The zero-order valence-electron chi connectivity index (χ0n) is 15.1. The number of nitrogens with zero attached hydrogens (tertiary/aromatic N) is 2. The Morgan fingerprint density at radius 2 is 2.00 bits per heavy atom. The average molecular weight is 466 g/mol. The Balaban J connectivity index is 0.00000196. The number of thiazole rings is 1. The molecule has 1 fully saturated rings. The minimum atomic E-state index is -0.186. The highest BCUT2D eigenvalue weighted by Gasteiger charge is 2.29. The molecule has 1 aromatic heterocycles. The van der Waals surface area contributed by atoms with Gasteiger partial charge in [-0.05, 0) is 25.0 Å². The number of aromatic nitrogens is 1. The van der Waals surface area contributed by atoms with E-state index in [1.807, 2.05) is 12.1 Å². The van der Waals surface area contributed by atoms with Crippen LogP contribution in [0.3, 0.4) is 0 Å². The molecule has 154 valence electrons. The van der Waals surface area contributed by atoms with E-state index in [0.717, 1.165) is 23.4 Å². The van der Waals surface area contributed by atoms with Crippen LogP contribution < -0.4 is 11.1 Å². The Morgan fingerprint density at radius 1 is 1.29 bits per heavy atom. The van der Waals surface area contributed by atoms with Crippen molar-refractivity contribution in [1.29, 1.82) is 0 Å². The van der Waals surface area contributed by atoms with Crippen LogP contribution >= 0.6 is 47.8 Å². The van der Waals surface area contributed by atoms with Crippen LogP contribution in [-0.2, 0) is 4.79 Å². The van der Waals surface area contributed by atoms with Crippen molar-refractivity contribution in [2.75, 3.05) is 26.2 Å². The van der Waals surface area contributed by atoms with Crippen LogP contribution in [0.25, 0.3) is 10.6 Å². The third kappa shape index (κ3) is 6.06. The number of nitrogens with one attached hydrogen (secondary N) is 1. The lowest BCUT2D eigenvalue weighted by atomic mass is 9.97. The van der Waals surface area contributed by atoms with Crippen molar-refractivity contribution in [2.24, 2.45) is 11.7 Å². The topological polar surface area (TPSA) is 88.3 Å². The molecule has 6 nitrogen and oxygen atoms in total. The first kappa shape index (κ1) is 24.7. The first-order chi connectivity index (χ1) is 12.6. The fraction of sp³-hybridized carbons (Fsp3) is 0.389. The number of benzene rings is 1. The van der Waals surface area contributed by atoms with Gasteiger partial charge in [-0.25, -0.2) is 4.98 Å². The first-order valence-electron chi connectivity index (χ1n) is 8.57. The lowest BCUT2D eigenvalue weighted by Gasteiger charge is -2.31. The van der Waals surface area contributed by atoms with Gasteiger partial charge in [0, 0.05) is 42.1 Å². The van der Waals surface area contributed by atoms with E-state index >= 15 is 0 Å². The number of piperidine rings is 1. The lowest BCUT2D eigenvalue weighted by molar-refractivity contribution is -0.126. The maximum absolute atomic E-state index is 12.8. The highest BCUT2D eigenvalue weighted by atomic mass is 35.5. The molecular weight excluding hydrogens is 443 g/mol. The van der Waals surface area contributed by atoms with E-state index in [9.17, 15) is 9.59 Å². The number of carbonyl (C=O) groups is 2. The second kappa shape index (κ2) is 11.6. The van der Waals surface area contributed by atoms with Gasteiger partial charge in [0.25, 0.3) is 5.91 Å². The molecule has 1 aromatic carbocycles. The molecule has 2 aromatic rings. The summed E-state index contributed by atoms with van der Waals surface area (Å²) in [6.45, 7) is 1.93. The quantitative estimate of drug-likeness (QED) is 0.709. The molecule has 1 aliphatic rings. The minimum Gasteiger partial charge on any atom is -0.355 e. The number of likely N-dealkylation sites (tertiary alicyclic amines) is 1. The van der Waals surface area contributed by atoms with E-state index in [1.165, 1.54) is 11.3 Å². The van der Waals surface area contributed by atoms with Crippen molar-refractivity contribution in [2.45, 2.75) is 12.8 Å². The van der Waals surface area contributed by atoms with E-state index in [-0.39, 0.29) is 42.5 Å². The van der Waals surface area contributed by atoms with Crippen LogP contribution in [0.2, 0.25) is 5.02 Å². The monoisotopic (exact) mass is 464 g/mol. The molecule has 2 heterocycles. The average Bonchev–Trinajstić information content (AvgIpc) is 3.16. The Hall–Kier alpha value is -1.38. The van der Waals surface area contributed by atoms with Gasteiger partial charge in [0.15, 0.2) is 0 Å². The SMILES string of the molecule is Cl.Cl.NCCNC(=O)C1CCCN(C(=O)c2csc(-c3ccc(Cl)cc3)n2)C1. The second-order valence-corrected chi connectivity index (χ2v) is 7.51. The van der Waals surface area contributed by atoms with Gasteiger partial charge in [-0.3, -0.25) is 9.59 Å². The van der Waals surface area contributed by atoms with Gasteiger partial charge in [0.05, 0.1) is 5.92 Å². The Morgan fingerprint density at radius 3 is 2.68 bits per heavy atom. The van der Waals surface area contributed by atoms with E-state index in [0.29, 0.717) is 36.9 Å². The van der Waals surface area contributed by atoms with Gasteiger partial charge in [-0.2, -0.15) is 0 Å². The summed E-state index contributed by atoms with van der Waals surface area (Å²) in [7, 11) is 0. The molecule has 1 unspecified atom stereocenters. The summed E-state index contributed by atoms with van der Waals surface area (Å²) in [6.07, 6.45) is 1.59. The molecule has 0 saturated carbocycles. The van der Waals surface area contributed by atoms with Crippen LogP contribution in [0.1, 0.15) is 23.3 Å². The third-order valence-corrected chi connectivity index (χ3v) is 5.48. The number of hydrogen-bond acceptors (Lipinski definition) is 5. The number of amides is 2. The number of hydrogen-bond donors (Lipinski definition) is 2. The van der Waals surface area contributed by atoms with Crippen molar-refractivity contribution < 1.29 is 9.59 Å². The van der Waals surface area contributed by atoms with Crippen LogP contribution in [0.4, 0.5) is 0 Å². The lowest BCUT2D eigenvalue weighted by Crippen LogP contribution is -2.46. The fourth-order valence-electron chi connectivity index (χ4n) is 2.97. The van der Waals surface area contributed by atoms with E-state index < -0.39 is 0 Å². The van der Waals surface area contributed by atoms with Gasteiger partial charge in [0.1, 0.15) is 10.7 Å². The molecule has 0 spiro atoms. The third-order valence-electron chi connectivity index (χ3n) is 4.34. The molecule has 3 N–H and O–H groups in total. The Kier molecular flexibility index (Phi) is 10.2. The van der Waals surface area contributed by atoms with Crippen molar-refractivity contribution in [3.05, 3.63) is 40.4 Å². The largest absolute Gasteiger partial charge is 0.355 e. The summed E-state index contributed by atoms with van der Waals surface area (Å²) in [5.41, 5.74) is 6.77. The molecule has 0 aliphatic carbocycles. The van der Waals surface area contributed by atoms with Crippen LogP contribution in [0.5, 0.6) is 0 Å². The summed E-state index contributed by atoms with van der Waals surface area (Å²) in [5, 5.41) is 6.01. The number of rotatable bonds is 5. The smallest absolute Gasteiger partial charge is 0.273 e. The standard InChI is InChI=1S/C18H21ClN4O2S.2ClH/c19-14-5-3-12(4-6-14)17-22-15(11-26-17)18(25)23-9-1-2-13(10-23)16(24)21-8-7-20;;/h3-6,11,13H,1-2,7-10,20H2,(H,21,24);2*1H. The Bertz CT molecular complexity index is 785. The molecule has 1 aliphatic heterocycles. The van der Waals surface area contributed by atoms with E-state index in [2.05, 4.69) is 10.3 Å². The van der Waals surface area contributed by atoms with Gasteiger partial charge in [-0.1, -0.05) is 23.7 Å². The van der Waals surface area contributed by atoms with Gasteiger partial charge < -0.3 is 16.0 Å². The fourth-order valence-corrected chi connectivity index (χ4v) is 3.90. The van der Waals surface area contributed by atoms with E-state index in [1.54, 1.807) is 22.4 Å². The summed E-state index contributed by atoms with van der Waals surface area (Å²) in [5.74, 6) is -0.348. The molecule has 3 rings (SSSR count). The maximum atomic E-state index is 12.8. The normalized spacial score (nSPS) is 15.9. The van der Waals surface area contributed by atoms with Gasteiger partial charge >= 0.3 is 0 Å². The van der Waals surface area contributed by atoms with Crippen LogP contribution in [0, 0.1) is 5.92 Å². The summed E-state index contributed by atoms with van der Waals surface area (Å²) in [4.78, 5) is 31.1. The summed E-state index contributed by atoms with van der Waals surface area (Å²) < 4.78 is 0. The Labute approximate surface area is 185 Å². The molecule has 1 atom stereocenters. The van der Waals surface area contributed by atoms with Gasteiger partial charge in [-0.15, -0.1) is 36.2 Å². The predicted molar refractivity (Wildman–Crippen MR) is 118 cm³/mol. The zero-order chi connectivity index (χ0) is 18.5.